The summed E-state index contributed by atoms with van der Waals surface area (Å²) in [4.78, 5) is 4.19. The number of H-pyrrole nitrogens is 1. The standard InChI is InChI=1S/C13H13FN4S/c1-9-16-13(18-17-9)19-8-10-4-5-12(14)11(7-10)3-2-6-15/h4-5,7H,6,8,15H2,1H3,(H,16,17,18). The highest BCUT2D eigenvalue weighted by Crippen LogP contribution is 2.20. The van der Waals surface area contributed by atoms with Crippen LogP contribution in [0.1, 0.15) is 17.0 Å². The molecule has 0 atom stereocenters. The lowest BCUT2D eigenvalue weighted by Crippen LogP contribution is -1.94. The van der Waals surface area contributed by atoms with Crippen molar-refractivity contribution in [2.45, 2.75) is 17.8 Å². The van der Waals surface area contributed by atoms with Crippen LogP contribution >= 0.6 is 11.8 Å². The topological polar surface area (TPSA) is 67.6 Å². The minimum Gasteiger partial charge on any atom is -0.320 e. The van der Waals surface area contributed by atoms with Crippen molar-refractivity contribution in [3.63, 3.8) is 0 Å². The molecule has 0 aliphatic rings. The number of nitrogens with zero attached hydrogens (tertiary/aromatic N) is 2. The second-order valence-electron chi connectivity index (χ2n) is 3.81. The Hall–Kier alpha value is -1.84. The van der Waals surface area contributed by atoms with Gasteiger partial charge in [-0.25, -0.2) is 9.37 Å². The molecule has 0 aliphatic heterocycles. The number of nitrogens with two attached hydrogens (primary N) is 1. The third-order valence-corrected chi connectivity index (χ3v) is 3.22. The summed E-state index contributed by atoms with van der Waals surface area (Å²) >= 11 is 1.48. The van der Waals surface area contributed by atoms with Crippen molar-refractivity contribution in [1.29, 1.82) is 0 Å². The largest absolute Gasteiger partial charge is 0.320 e. The van der Waals surface area contributed by atoms with Crippen LogP contribution in [0, 0.1) is 24.6 Å². The Balaban J connectivity index is 2.08. The highest BCUT2D eigenvalue weighted by Gasteiger charge is 2.04. The van der Waals surface area contributed by atoms with E-state index in [1.165, 1.54) is 17.8 Å². The van der Waals surface area contributed by atoms with Crippen LogP contribution in [0.4, 0.5) is 4.39 Å². The van der Waals surface area contributed by atoms with E-state index in [9.17, 15) is 4.39 Å². The fraction of sp³-hybridized carbons (Fsp3) is 0.231. The molecular weight excluding hydrogens is 263 g/mol. The van der Waals surface area contributed by atoms with Crippen molar-refractivity contribution in [3.05, 3.63) is 41.0 Å². The molecule has 1 aromatic heterocycles. The summed E-state index contributed by atoms with van der Waals surface area (Å²) in [7, 11) is 0. The van der Waals surface area contributed by atoms with Crippen molar-refractivity contribution in [3.8, 4) is 11.8 Å². The van der Waals surface area contributed by atoms with Crippen LogP contribution in [-0.4, -0.2) is 21.7 Å². The lowest BCUT2D eigenvalue weighted by molar-refractivity contribution is 0.624. The molecule has 3 N–H and O–H groups in total. The van der Waals surface area contributed by atoms with Crippen molar-refractivity contribution < 1.29 is 4.39 Å². The van der Waals surface area contributed by atoms with Gasteiger partial charge in [-0.3, -0.25) is 5.10 Å². The zero-order valence-corrected chi connectivity index (χ0v) is 11.2. The van der Waals surface area contributed by atoms with Crippen LogP contribution in [0.15, 0.2) is 23.4 Å². The fourth-order valence-corrected chi connectivity index (χ4v) is 2.23. The number of thioether (sulfide) groups is 1. The molecule has 4 nitrogen and oxygen atoms in total. The van der Waals surface area contributed by atoms with E-state index in [-0.39, 0.29) is 12.4 Å². The average molecular weight is 276 g/mol. The van der Waals surface area contributed by atoms with E-state index in [2.05, 4.69) is 27.0 Å². The molecule has 98 valence electrons. The molecule has 1 heterocycles. The first-order chi connectivity index (χ1) is 9.19. The lowest BCUT2D eigenvalue weighted by Gasteiger charge is -2.01. The molecule has 6 heteroatoms. The van der Waals surface area contributed by atoms with Crippen molar-refractivity contribution >= 4 is 11.8 Å². The minimum absolute atomic E-state index is 0.217. The summed E-state index contributed by atoms with van der Waals surface area (Å²) in [6.45, 7) is 2.06. The monoisotopic (exact) mass is 276 g/mol. The van der Waals surface area contributed by atoms with E-state index < -0.39 is 0 Å². The van der Waals surface area contributed by atoms with E-state index in [0.717, 1.165) is 11.4 Å². The molecule has 2 rings (SSSR count). The van der Waals surface area contributed by atoms with E-state index >= 15 is 0 Å². The van der Waals surface area contributed by atoms with Gasteiger partial charge in [-0.2, -0.15) is 0 Å². The Morgan fingerprint density at radius 3 is 3.00 bits per heavy atom. The van der Waals surface area contributed by atoms with E-state index in [1.54, 1.807) is 12.1 Å². The van der Waals surface area contributed by atoms with Gasteiger partial charge in [-0.15, -0.1) is 5.10 Å². The molecule has 0 radical (unpaired) electrons. The van der Waals surface area contributed by atoms with Gasteiger partial charge in [-0.1, -0.05) is 29.7 Å². The quantitative estimate of drug-likeness (QED) is 0.663. The van der Waals surface area contributed by atoms with Crippen LogP contribution in [0.25, 0.3) is 0 Å². The predicted octanol–water partition coefficient (Wildman–Crippen LogP) is 1.85. The maximum atomic E-state index is 13.5. The maximum Gasteiger partial charge on any atom is 0.208 e. The van der Waals surface area contributed by atoms with Gasteiger partial charge in [0, 0.05) is 5.75 Å². The predicted molar refractivity (Wildman–Crippen MR) is 73.0 cm³/mol. The van der Waals surface area contributed by atoms with Gasteiger partial charge in [-0.05, 0) is 24.6 Å². The Labute approximate surface area is 115 Å². The van der Waals surface area contributed by atoms with Crippen LogP contribution in [0.2, 0.25) is 0 Å². The van der Waals surface area contributed by atoms with Crippen LogP contribution in [0.3, 0.4) is 0 Å². The fourth-order valence-electron chi connectivity index (χ4n) is 1.44. The summed E-state index contributed by atoms with van der Waals surface area (Å²) in [5.74, 6) is 6.48. The van der Waals surface area contributed by atoms with Gasteiger partial charge in [0.15, 0.2) is 0 Å². The van der Waals surface area contributed by atoms with Gasteiger partial charge < -0.3 is 5.73 Å². The normalized spacial score (nSPS) is 10.1. The van der Waals surface area contributed by atoms with Gasteiger partial charge in [0.1, 0.15) is 11.6 Å². The molecule has 0 saturated heterocycles. The lowest BCUT2D eigenvalue weighted by atomic mass is 10.1. The third kappa shape index (κ3) is 3.81. The van der Waals surface area contributed by atoms with Gasteiger partial charge in [0.05, 0.1) is 12.1 Å². The SMILES string of the molecule is Cc1nc(SCc2ccc(F)c(C#CCN)c2)n[nH]1. The summed E-state index contributed by atoms with van der Waals surface area (Å²) in [6, 6.07) is 4.87. The minimum atomic E-state index is -0.330. The second-order valence-corrected chi connectivity index (χ2v) is 4.75. The first-order valence-electron chi connectivity index (χ1n) is 5.68. The van der Waals surface area contributed by atoms with Crippen LogP contribution in [-0.2, 0) is 5.75 Å². The number of nitrogens with one attached hydrogen (secondary N) is 1. The van der Waals surface area contributed by atoms with Gasteiger partial charge >= 0.3 is 0 Å². The number of hydrogen-bond acceptors (Lipinski definition) is 4. The van der Waals surface area contributed by atoms with Crippen LogP contribution < -0.4 is 5.73 Å². The molecule has 0 spiro atoms. The number of aromatic nitrogens is 3. The summed E-state index contributed by atoms with van der Waals surface area (Å²) in [5.41, 5.74) is 6.62. The zero-order chi connectivity index (χ0) is 13.7. The number of rotatable bonds is 3. The Bertz CT molecular complexity index is 627. The summed E-state index contributed by atoms with van der Waals surface area (Å²) in [6.07, 6.45) is 0. The Morgan fingerprint density at radius 1 is 1.47 bits per heavy atom. The number of benzene rings is 1. The third-order valence-electron chi connectivity index (χ3n) is 2.30. The molecule has 0 saturated carbocycles. The Morgan fingerprint density at radius 2 is 2.32 bits per heavy atom. The summed E-state index contributed by atoms with van der Waals surface area (Å²) < 4.78 is 13.5. The van der Waals surface area contributed by atoms with Crippen LogP contribution in [0.5, 0.6) is 0 Å². The average Bonchev–Trinajstić information content (AvgIpc) is 2.82. The molecule has 0 fully saturated rings. The smallest absolute Gasteiger partial charge is 0.208 e. The molecule has 0 bridgehead atoms. The molecule has 0 unspecified atom stereocenters. The first-order valence-corrected chi connectivity index (χ1v) is 6.67. The van der Waals surface area contributed by atoms with Gasteiger partial charge in [0.25, 0.3) is 0 Å². The van der Waals surface area contributed by atoms with Crippen molar-refractivity contribution in [2.75, 3.05) is 6.54 Å². The molecule has 2 aromatic rings. The molecule has 0 aliphatic carbocycles. The molecule has 0 amide bonds. The molecule has 19 heavy (non-hydrogen) atoms. The highest BCUT2D eigenvalue weighted by molar-refractivity contribution is 7.98. The number of aryl methyl sites for hydroxylation is 1. The zero-order valence-electron chi connectivity index (χ0n) is 10.4. The molecule has 1 aromatic carbocycles. The van der Waals surface area contributed by atoms with Crippen molar-refractivity contribution in [2.24, 2.45) is 5.73 Å². The van der Waals surface area contributed by atoms with Crippen molar-refractivity contribution in [1.82, 2.24) is 15.2 Å². The van der Waals surface area contributed by atoms with E-state index in [1.807, 2.05) is 6.92 Å². The summed E-state index contributed by atoms with van der Waals surface area (Å²) in [5, 5.41) is 7.48. The number of aromatic amines is 1. The Kier molecular flexibility index (Phi) is 4.55. The highest BCUT2D eigenvalue weighted by atomic mass is 32.2. The first kappa shape index (κ1) is 13.6. The van der Waals surface area contributed by atoms with Gasteiger partial charge in [0.2, 0.25) is 5.16 Å². The number of halogens is 1. The van der Waals surface area contributed by atoms with E-state index in [4.69, 9.17) is 5.73 Å². The number of hydrogen-bond donors (Lipinski definition) is 2. The molecular formula is C13H13FN4S. The maximum absolute atomic E-state index is 13.5. The van der Waals surface area contributed by atoms with E-state index in [0.29, 0.717) is 16.5 Å². The second kappa shape index (κ2) is 6.36.